The molecule has 1 heterocycles. The van der Waals surface area contributed by atoms with Crippen molar-refractivity contribution >= 4 is 34.6 Å². The van der Waals surface area contributed by atoms with Crippen molar-refractivity contribution in [3.05, 3.63) is 0 Å². The Labute approximate surface area is 162 Å². The van der Waals surface area contributed by atoms with Crippen LogP contribution >= 0.6 is 19.4 Å². The zero-order chi connectivity index (χ0) is 18.8. The summed E-state index contributed by atoms with van der Waals surface area (Å²) in [6.07, 6.45) is 1.26. The highest BCUT2D eigenvalue weighted by Crippen LogP contribution is 2.55. The Morgan fingerprint density at radius 2 is 1.92 bits per heavy atom. The third-order valence-electron chi connectivity index (χ3n) is 4.62. The van der Waals surface area contributed by atoms with Gasteiger partial charge in [-0.2, -0.15) is 8.42 Å². The number of halogens is 1. The second kappa shape index (κ2) is 9.11. The number of hydrogen-bond donors (Lipinski definition) is 4. The molecule has 1 aliphatic rings. The molecular formula is C12H25BrNO8PS2. The average Bonchev–Trinajstić information content (AvgIpc) is 2.38. The van der Waals surface area contributed by atoms with E-state index < -0.39 is 34.9 Å². The monoisotopic (exact) mass is 485 g/mol. The third kappa shape index (κ3) is 6.25. The Bertz CT molecular complexity index is 627. The first-order chi connectivity index (χ1) is 10.7. The molecule has 0 aromatic heterocycles. The maximum absolute atomic E-state index is 11.5. The van der Waals surface area contributed by atoms with E-state index in [-0.39, 0.29) is 26.6 Å². The van der Waals surface area contributed by atoms with E-state index in [0.717, 1.165) is 24.6 Å². The van der Waals surface area contributed by atoms with Crippen molar-refractivity contribution in [1.29, 1.82) is 0 Å². The first kappa shape index (κ1) is 25.5. The largest absolute Gasteiger partial charge is 1.00 e. The van der Waals surface area contributed by atoms with Crippen molar-refractivity contribution in [2.75, 3.05) is 25.9 Å². The molecule has 0 aromatic carbocycles. The molecule has 0 saturated carbocycles. The van der Waals surface area contributed by atoms with E-state index in [9.17, 15) is 37.2 Å². The highest BCUT2D eigenvalue weighted by atomic mass is 79.9. The van der Waals surface area contributed by atoms with E-state index >= 15 is 0 Å². The lowest BCUT2D eigenvalue weighted by Gasteiger charge is -2.46. The summed E-state index contributed by atoms with van der Waals surface area (Å²) in [5.74, 6) is 0.475. The van der Waals surface area contributed by atoms with Crippen LogP contribution in [0, 0.1) is 0 Å². The van der Waals surface area contributed by atoms with Gasteiger partial charge < -0.3 is 36.4 Å². The standard InChI is InChI=1S/C12H24NO8PS2.BrH/c1-10(14)23-8-7-13(2)6-4-3-5-11(13)9-12(15,22(16,17)18)24(19,20)21;/h11,15H,3-9H2,1-2H3,(H2-,16,17,18,19,20,21);1H. The number of piperidine rings is 1. The summed E-state index contributed by atoms with van der Waals surface area (Å²) in [6, 6.07) is -0.564. The number of nitrogens with zero attached hydrogens (tertiary/aromatic N) is 1. The van der Waals surface area contributed by atoms with Crippen molar-refractivity contribution < 1.29 is 58.7 Å². The molecule has 1 saturated heterocycles. The maximum Gasteiger partial charge on any atom is 0.375 e. The smallest absolute Gasteiger partial charge is 0.375 e. The second-order valence-electron chi connectivity index (χ2n) is 6.38. The van der Waals surface area contributed by atoms with Gasteiger partial charge >= 0.3 is 17.7 Å². The van der Waals surface area contributed by atoms with Crippen LogP contribution in [0.4, 0.5) is 0 Å². The molecular weight excluding hydrogens is 461 g/mol. The lowest BCUT2D eigenvalue weighted by Crippen LogP contribution is -3.00. The van der Waals surface area contributed by atoms with Crippen LogP contribution in [0.25, 0.3) is 0 Å². The Morgan fingerprint density at radius 3 is 2.36 bits per heavy atom. The molecule has 0 aromatic rings. The van der Waals surface area contributed by atoms with Crippen LogP contribution in [-0.4, -0.2) is 74.1 Å². The second-order valence-corrected chi connectivity index (χ2v) is 11.4. The van der Waals surface area contributed by atoms with Gasteiger partial charge in [0.1, 0.15) is 0 Å². The highest BCUT2D eigenvalue weighted by Gasteiger charge is 2.59. The fourth-order valence-corrected chi connectivity index (χ4v) is 5.89. The number of hydrogen-bond acceptors (Lipinski definition) is 6. The first-order valence-electron chi connectivity index (χ1n) is 7.45. The van der Waals surface area contributed by atoms with Crippen LogP contribution in [0.3, 0.4) is 0 Å². The van der Waals surface area contributed by atoms with Gasteiger partial charge in [0, 0.05) is 6.92 Å². The summed E-state index contributed by atoms with van der Waals surface area (Å²) in [6.45, 7) is 2.55. The molecule has 1 aliphatic heterocycles. The highest BCUT2D eigenvalue weighted by molar-refractivity contribution is 8.13. The van der Waals surface area contributed by atoms with Gasteiger partial charge in [-0.15, -0.1) is 0 Å². The third-order valence-corrected chi connectivity index (χ3v) is 8.90. The van der Waals surface area contributed by atoms with E-state index in [1.54, 1.807) is 7.05 Å². The zero-order valence-electron chi connectivity index (χ0n) is 14.0. The SMILES string of the molecule is CC(=O)SCC[N+]1(C)CCCCC1CC(O)(P(=O)(O)O)S(=O)(=O)O.[Br-]. The summed E-state index contributed by atoms with van der Waals surface area (Å²) in [4.78, 5) is 29.6. The Kier molecular flexibility index (Phi) is 9.29. The Balaban J connectivity index is 0.00000576. The summed E-state index contributed by atoms with van der Waals surface area (Å²) < 4.78 is 40.4. The van der Waals surface area contributed by atoms with Gasteiger partial charge in [-0.1, -0.05) is 11.8 Å². The van der Waals surface area contributed by atoms with E-state index in [0.29, 0.717) is 25.3 Å². The summed E-state index contributed by atoms with van der Waals surface area (Å²) in [5.41, 5.74) is 0. The van der Waals surface area contributed by atoms with Gasteiger partial charge in [0.15, 0.2) is 5.12 Å². The molecule has 13 heteroatoms. The topological polar surface area (TPSA) is 149 Å². The van der Waals surface area contributed by atoms with E-state index in [4.69, 9.17) is 0 Å². The van der Waals surface area contributed by atoms with Crippen molar-refractivity contribution in [2.45, 2.75) is 43.3 Å². The van der Waals surface area contributed by atoms with Gasteiger partial charge in [0.05, 0.1) is 38.4 Å². The summed E-state index contributed by atoms with van der Waals surface area (Å²) in [5, 5.41) is 10.1. The molecule has 0 amide bonds. The number of carbonyl (C=O) groups is 1. The molecule has 0 radical (unpaired) electrons. The fourth-order valence-electron chi connectivity index (χ4n) is 3.04. The number of quaternary nitrogens is 1. The lowest BCUT2D eigenvalue weighted by molar-refractivity contribution is -0.936. The zero-order valence-corrected chi connectivity index (χ0v) is 18.2. The van der Waals surface area contributed by atoms with Crippen LogP contribution in [0.1, 0.15) is 32.6 Å². The molecule has 150 valence electrons. The molecule has 4 N–H and O–H groups in total. The maximum atomic E-state index is 11.5. The van der Waals surface area contributed by atoms with Crippen molar-refractivity contribution in [3.8, 4) is 0 Å². The molecule has 1 rings (SSSR count). The van der Waals surface area contributed by atoms with E-state index in [1.807, 2.05) is 0 Å². The summed E-state index contributed by atoms with van der Waals surface area (Å²) >= 11 is 1.12. The van der Waals surface area contributed by atoms with Crippen LogP contribution in [0.5, 0.6) is 0 Å². The van der Waals surface area contributed by atoms with Gasteiger partial charge in [0.25, 0.3) is 4.67 Å². The van der Waals surface area contributed by atoms with Crippen molar-refractivity contribution in [2.24, 2.45) is 0 Å². The Hall–Kier alpha value is 0.480. The minimum Gasteiger partial charge on any atom is -1.00 e. The van der Waals surface area contributed by atoms with E-state index in [2.05, 4.69) is 0 Å². The molecule has 0 spiro atoms. The number of rotatable bonds is 7. The minimum absolute atomic E-state index is 0. The van der Waals surface area contributed by atoms with Crippen LogP contribution in [0.15, 0.2) is 0 Å². The molecule has 0 aliphatic carbocycles. The quantitative estimate of drug-likeness (QED) is 0.172. The normalized spacial score (nSPS) is 27.2. The predicted octanol–water partition coefficient (Wildman–Crippen LogP) is -2.63. The fraction of sp³-hybridized carbons (Fsp3) is 0.917. The summed E-state index contributed by atoms with van der Waals surface area (Å²) in [7, 11) is -9.11. The number of aliphatic hydroxyl groups is 1. The average molecular weight is 486 g/mol. The van der Waals surface area contributed by atoms with Gasteiger partial charge in [-0.05, 0) is 19.3 Å². The number of carbonyl (C=O) groups excluding carboxylic acids is 1. The molecule has 0 bridgehead atoms. The molecule has 1 fully saturated rings. The van der Waals surface area contributed by atoms with Crippen LogP contribution < -0.4 is 17.0 Å². The first-order valence-corrected chi connectivity index (χ1v) is 11.5. The van der Waals surface area contributed by atoms with E-state index in [1.165, 1.54) is 6.92 Å². The van der Waals surface area contributed by atoms with Gasteiger partial charge in [-0.3, -0.25) is 13.9 Å². The molecule has 3 unspecified atom stereocenters. The van der Waals surface area contributed by atoms with Gasteiger partial charge in [-0.25, -0.2) is 0 Å². The Morgan fingerprint density at radius 1 is 1.36 bits per heavy atom. The van der Waals surface area contributed by atoms with Gasteiger partial charge in [0.2, 0.25) is 0 Å². The van der Waals surface area contributed by atoms with Crippen LogP contribution in [-0.2, 0) is 19.5 Å². The molecule has 3 atom stereocenters. The lowest BCUT2D eigenvalue weighted by atomic mass is 9.96. The molecule has 25 heavy (non-hydrogen) atoms. The van der Waals surface area contributed by atoms with Crippen molar-refractivity contribution in [1.82, 2.24) is 0 Å². The van der Waals surface area contributed by atoms with Crippen LogP contribution in [0.2, 0.25) is 0 Å². The predicted molar refractivity (Wildman–Crippen MR) is 89.9 cm³/mol. The number of likely N-dealkylation sites (tertiary alicyclic amines) is 1. The van der Waals surface area contributed by atoms with Crippen molar-refractivity contribution in [3.63, 3.8) is 0 Å². The minimum atomic E-state index is -5.53. The number of thioether (sulfide) groups is 1. The molecule has 9 nitrogen and oxygen atoms in total.